The molecule has 168 valence electrons. The molecule has 2 fully saturated rings. The van der Waals surface area contributed by atoms with Gasteiger partial charge >= 0.3 is 0 Å². The van der Waals surface area contributed by atoms with Gasteiger partial charge in [-0.15, -0.1) is 0 Å². The van der Waals surface area contributed by atoms with Gasteiger partial charge in [-0.1, -0.05) is 19.4 Å². The number of pyridine rings is 1. The first kappa shape index (κ1) is 22.0. The van der Waals surface area contributed by atoms with Crippen LogP contribution in [0.5, 0.6) is 0 Å². The molecule has 2 aliphatic rings. The lowest BCUT2D eigenvalue weighted by Crippen LogP contribution is -2.29. The van der Waals surface area contributed by atoms with Crippen molar-refractivity contribution in [3.05, 3.63) is 30.1 Å². The summed E-state index contributed by atoms with van der Waals surface area (Å²) in [6.07, 6.45) is 11.8. The third-order valence-corrected chi connectivity index (χ3v) is 6.43. The molecule has 1 unspecified atom stereocenters. The second-order valence-electron chi connectivity index (χ2n) is 9.00. The van der Waals surface area contributed by atoms with E-state index < -0.39 is 0 Å². The predicted molar refractivity (Wildman–Crippen MR) is 125 cm³/mol. The minimum atomic E-state index is -0.168. The smallest absolute Gasteiger partial charge is 0.224 e. The number of anilines is 2. The van der Waals surface area contributed by atoms with E-state index in [1.165, 1.54) is 12.0 Å². The van der Waals surface area contributed by atoms with E-state index in [4.69, 9.17) is 9.97 Å². The Morgan fingerprint density at radius 3 is 2.68 bits per heavy atom. The maximum atomic E-state index is 9.84. The lowest BCUT2D eigenvalue weighted by atomic mass is 9.93. The molecule has 7 nitrogen and oxygen atoms in total. The molecule has 0 bridgehead atoms. The molecule has 3 heterocycles. The van der Waals surface area contributed by atoms with Crippen LogP contribution in [0.25, 0.3) is 11.3 Å². The molecule has 1 saturated carbocycles. The first-order chi connectivity index (χ1) is 15.2. The molecule has 0 spiro atoms. The number of unbranched alkanes of at least 4 members (excludes halogenated alkanes) is 1. The van der Waals surface area contributed by atoms with Gasteiger partial charge in [0, 0.05) is 25.0 Å². The van der Waals surface area contributed by atoms with Gasteiger partial charge in [-0.2, -0.15) is 4.98 Å². The summed E-state index contributed by atoms with van der Waals surface area (Å²) >= 11 is 0. The van der Waals surface area contributed by atoms with Crippen LogP contribution < -0.4 is 16.0 Å². The molecule has 1 saturated heterocycles. The monoisotopic (exact) mass is 424 g/mol. The largest absolute Gasteiger partial charge is 0.393 e. The van der Waals surface area contributed by atoms with E-state index in [1.54, 1.807) is 0 Å². The average molecular weight is 425 g/mol. The molecule has 0 radical (unpaired) electrons. The predicted octanol–water partition coefficient (Wildman–Crippen LogP) is 3.62. The second-order valence-corrected chi connectivity index (χ2v) is 9.00. The summed E-state index contributed by atoms with van der Waals surface area (Å²) in [5.41, 5.74) is 3.11. The normalized spacial score (nSPS) is 23.6. The van der Waals surface area contributed by atoms with Crippen molar-refractivity contribution in [2.75, 3.05) is 30.3 Å². The fraction of sp³-hybridized carbons (Fsp3) is 0.625. The molecule has 1 aliphatic carbocycles. The van der Waals surface area contributed by atoms with E-state index >= 15 is 0 Å². The summed E-state index contributed by atoms with van der Waals surface area (Å²) in [5, 5.41) is 20.2. The van der Waals surface area contributed by atoms with Gasteiger partial charge in [0.15, 0.2) is 0 Å². The topological polar surface area (TPSA) is 95.0 Å². The van der Waals surface area contributed by atoms with Crippen LogP contribution in [-0.4, -0.2) is 51.8 Å². The van der Waals surface area contributed by atoms with Gasteiger partial charge in [-0.05, 0) is 75.6 Å². The van der Waals surface area contributed by atoms with Crippen molar-refractivity contribution in [3.63, 3.8) is 0 Å². The maximum Gasteiger partial charge on any atom is 0.224 e. The number of hydrogen-bond acceptors (Lipinski definition) is 7. The van der Waals surface area contributed by atoms with Crippen molar-refractivity contribution < 1.29 is 5.11 Å². The molecule has 2 aromatic heterocycles. The first-order valence-corrected chi connectivity index (χ1v) is 11.9. The van der Waals surface area contributed by atoms with Gasteiger partial charge < -0.3 is 21.1 Å². The zero-order valence-electron chi connectivity index (χ0n) is 18.6. The minimum Gasteiger partial charge on any atom is -0.393 e. The van der Waals surface area contributed by atoms with Crippen molar-refractivity contribution >= 4 is 11.8 Å². The highest BCUT2D eigenvalue weighted by Crippen LogP contribution is 2.29. The Labute approximate surface area is 185 Å². The molecule has 1 atom stereocenters. The van der Waals surface area contributed by atoms with Crippen molar-refractivity contribution in [2.45, 2.75) is 70.4 Å². The molecular weight excluding hydrogens is 388 g/mol. The summed E-state index contributed by atoms with van der Waals surface area (Å²) in [7, 11) is 0. The molecule has 4 N–H and O–H groups in total. The van der Waals surface area contributed by atoms with Crippen LogP contribution in [0.15, 0.2) is 24.5 Å². The average Bonchev–Trinajstić information content (AvgIpc) is 3.30. The van der Waals surface area contributed by atoms with Gasteiger partial charge in [-0.3, -0.25) is 4.98 Å². The minimum absolute atomic E-state index is 0.168. The van der Waals surface area contributed by atoms with Crippen LogP contribution in [0.4, 0.5) is 11.8 Å². The second kappa shape index (κ2) is 10.9. The Kier molecular flexibility index (Phi) is 7.70. The molecule has 1 aliphatic heterocycles. The van der Waals surface area contributed by atoms with Crippen LogP contribution in [0.2, 0.25) is 0 Å². The highest BCUT2D eigenvalue weighted by Gasteiger charge is 2.22. The zero-order valence-corrected chi connectivity index (χ0v) is 18.6. The number of hydrogen-bond donors (Lipinski definition) is 4. The number of rotatable bonds is 9. The Bertz CT molecular complexity index is 813. The quantitative estimate of drug-likeness (QED) is 0.457. The van der Waals surface area contributed by atoms with Crippen LogP contribution in [0.1, 0.15) is 57.4 Å². The Balaban J connectivity index is 1.51. The number of aromatic nitrogens is 3. The Hall–Kier alpha value is -2.25. The fourth-order valence-corrected chi connectivity index (χ4v) is 4.48. The van der Waals surface area contributed by atoms with E-state index in [2.05, 4.69) is 40.0 Å². The molecule has 31 heavy (non-hydrogen) atoms. The van der Waals surface area contributed by atoms with Gasteiger partial charge in [0.2, 0.25) is 5.95 Å². The van der Waals surface area contributed by atoms with Crippen molar-refractivity contribution in [2.24, 2.45) is 5.92 Å². The first-order valence-electron chi connectivity index (χ1n) is 11.9. The lowest BCUT2D eigenvalue weighted by Gasteiger charge is -2.27. The number of nitrogens with one attached hydrogen (secondary N) is 3. The van der Waals surface area contributed by atoms with E-state index in [0.29, 0.717) is 17.9 Å². The molecule has 0 aromatic carbocycles. The summed E-state index contributed by atoms with van der Waals surface area (Å²) in [4.78, 5) is 14.1. The highest BCUT2D eigenvalue weighted by atomic mass is 16.3. The van der Waals surface area contributed by atoms with Gasteiger partial charge in [0.05, 0.1) is 17.4 Å². The van der Waals surface area contributed by atoms with Crippen LogP contribution in [0, 0.1) is 5.92 Å². The van der Waals surface area contributed by atoms with E-state index in [9.17, 15) is 5.11 Å². The highest BCUT2D eigenvalue weighted by molar-refractivity contribution is 5.73. The number of aliphatic hydroxyl groups is 1. The van der Waals surface area contributed by atoms with E-state index in [-0.39, 0.29) is 6.10 Å². The SMILES string of the molecule is CCCCNc1ncc(-c2ccc(CC3CCNC3)cn2)c(N[C@H]2CC[C@H](O)CC2)n1. The number of nitrogens with zero attached hydrogens (tertiary/aromatic N) is 3. The maximum absolute atomic E-state index is 9.84. The van der Waals surface area contributed by atoms with Crippen molar-refractivity contribution in [3.8, 4) is 11.3 Å². The summed E-state index contributed by atoms with van der Waals surface area (Å²) in [6, 6.07) is 4.60. The van der Waals surface area contributed by atoms with Crippen molar-refractivity contribution in [1.82, 2.24) is 20.3 Å². The van der Waals surface area contributed by atoms with E-state index in [1.807, 2.05) is 12.4 Å². The standard InChI is InChI=1S/C24H36N6O/c1-2-3-11-26-24-28-16-21(23(30-24)29-19-5-7-20(31)8-6-19)22-9-4-17(15-27-22)13-18-10-12-25-14-18/h4,9,15-16,18-20,25,31H,2-3,5-8,10-14H2,1H3,(H2,26,28,29,30)/t18?,19-,20-. The Morgan fingerprint density at radius 2 is 1.97 bits per heavy atom. The summed E-state index contributed by atoms with van der Waals surface area (Å²) in [6.45, 7) is 5.27. The molecule has 4 rings (SSSR count). The zero-order chi connectivity index (χ0) is 21.5. The van der Waals surface area contributed by atoms with Crippen molar-refractivity contribution in [1.29, 1.82) is 0 Å². The van der Waals surface area contributed by atoms with Crippen LogP contribution in [0.3, 0.4) is 0 Å². The van der Waals surface area contributed by atoms with Crippen LogP contribution >= 0.6 is 0 Å². The number of aliphatic hydroxyl groups excluding tert-OH is 1. The third kappa shape index (κ3) is 6.14. The Morgan fingerprint density at radius 1 is 1.10 bits per heavy atom. The van der Waals surface area contributed by atoms with Crippen LogP contribution in [-0.2, 0) is 6.42 Å². The van der Waals surface area contributed by atoms with E-state index in [0.717, 1.165) is 81.7 Å². The van der Waals surface area contributed by atoms with Gasteiger partial charge in [-0.25, -0.2) is 4.98 Å². The third-order valence-electron chi connectivity index (χ3n) is 6.43. The molecule has 7 heteroatoms. The lowest BCUT2D eigenvalue weighted by molar-refractivity contribution is 0.126. The summed E-state index contributed by atoms with van der Waals surface area (Å²) in [5.74, 6) is 2.19. The fourth-order valence-electron chi connectivity index (χ4n) is 4.48. The van der Waals surface area contributed by atoms with Gasteiger partial charge in [0.1, 0.15) is 5.82 Å². The summed E-state index contributed by atoms with van der Waals surface area (Å²) < 4.78 is 0. The molecule has 0 amide bonds. The molecular formula is C24H36N6O. The molecule has 2 aromatic rings. The van der Waals surface area contributed by atoms with Gasteiger partial charge in [0.25, 0.3) is 0 Å².